The molecule has 0 aliphatic carbocycles. The zero-order chi connectivity index (χ0) is 20.1. The molecule has 1 unspecified atom stereocenters. The van der Waals surface area contributed by atoms with Crippen LogP contribution in [0, 0.1) is 17.8 Å². The van der Waals surface area contributed by atoms with Gasteiger partial charge < -0.3 is 20.9 Å². The van der Waals surface area contributed by atoms with Crippen molar-refractivity contribution in [3.05, 3.63) is 35.9 Å². The Labute approximate surface area is 180 Å². The normalized spacial score (nSPS) is 24.3. The second-order valence-corrected chi connectivity index (χ2v) is 8.62. The van der Waals surface area contributed by atoms with Crippen molar-refractivity contribution in [3.8, 4) is 0 Å². The van der Waals surface area contributed by atoms with E-state index in [4.69, 9.17) is 5.73 Å². The number of piperidine rings is 1. The standard InChI is InChI=1S/C22H34N4O2.ClH/c1-16(2)12-24-22(28)25-10-6-9-18(13-25)21(27)26-14-19(11-23)20(15-26)17-7-4-3-5-8-17;/h3-5,7-8,16,18-20H,6,9-15,23H2,1-2H3,(H,24,28);1H/t18?,19-,20+;/m1./s1. The van der Waals surface area contributed by atoms with E-state index in [0.29, 0.717) is 43.9 Å². The first-order valence-electron chi connectivity index (χ1n) is 10.6. The van der Waals surface area contributed by atoms with Crippen molar-refractivity contribution in [1.82, 2.24) is 15.1 Å². The SMILES string of the molecule is CC(C)CNC(=O)N1CCCC(C(=O)N2C[C@@H](CN)[C@H](c3ccccc3)C2)C1.Cl. The maximum absolute atomic E-state index is 13.2. The highest BCUT2D eigenvalue weighted by Crippen LogP contribution is 2.33. The van der Waals surface area contributed by atoms with Crippen LogP contribution in [0.25, 0.3) is 0 Å². The summed E-state index contributed by atoms with van der Waals surface area (Å²) in [5.74, 6) is 1.08. The molecule has 29 heavy (non-hydrogen) atoms. The molecule has 1 aromatic rings. The van der Waals surface area contributed by atoms with Crippen molar-refractivity contribution in [1.29, 1.82) is 0 Å². The number of urea groups is 1. The van der Waals surface area contributed by atoms with Crippen LogP contribution >= 0.6 is 12.4 Å². The van der Waals surface area contributed by atoms with Crippen LogP contribution < -0.4 is 11.1 Å². The lowest BCUT2D eigenvalue weighted by Crippen LogP contribution is -2.50. The van der Waals surface area contributed by atoms with E-state index in [0.717, 1.165) is 25.9 Å². The topological polar surface area (TPSA) is 78.7 Å². The minimum absolute atomic E-state index is 0. The summed E-state index contributed by atoms with van der Waals surface area (Å²) >= 11 is 0. The molecule has 3 rings (SSSR count). The lowest BCUT2D eigenvalue weighted by atomic mass is 9.89. The Morgan fingerprint density at radius 2 is 1.86 bits per heavy atom. The predicted octanol–water partition coefficient (Wildman–Crippen LogP) is 2.69. The van der Waals surface area contributed by atoms with E-state index in [9.17, 15) is 9.59 Å². The number of rotatable bonds is 5. The lowest BCUT2D eigenvalue weighted by Gasteiger charge is -2.34. The minimum atomic E-state index is -0.105. The van der Waals surface area contributed by atoms with Crippen molar-refractivity contribution in [3.63, 3.8) is 0 Å². The molecular weight excluding hydrogens is 388 g/mol. The van der Waals surface area contributed by atoms with Crippen LogP contribution in [0.4, 0.5) is 4.79 Å². The van der Waals surface area contributed by atoms with Crippen molar-refractivity contribution in [2.75, 3.05) is 39.3 Å². The summed E-state index contributed by atoms with van der Waals surface area (Å²) in [5, 5.41) is 2.97. The number of carbonyl (C=O) groups excluding carboxylic acids is 2. The van der Waals surface area contributed by atoms with Crippen LogP contribution in [-0.2, 0) is 4.79 Å². The third kappa shape index (κ3) is 5.86. The van der Waals surface area contributed by atoms with Crippen molar-refractivity contribution in [2.24, 2.45) is 23.5 Å². The van der Waals surface area contributed by atoms with Gasteiger partial charge >= 0.3 is 6.03 Å². The van der Waals surface area contributed by atoms with Gasteiger partial charge in [0.1, 0.15) is 0 Å². The van der Waals surface area contributed by atoms with Gasteiger partial charge in [-0.15, -0.1) is 12.4 Å². The highest BCUT2D eigenvalue weighted by molar-refractivity contribution is 5.85. The monoisotopic (exact) mass is 422 g/mol. The number of nitrogens with zero attached hydrogens (tertiary/aromatic N) is 2. The molecule has 0 spiro atoms. The number of amides is 3. The Hall–Kier alpha value is -1.79. The summed E-state index contributed by atoms with van der Waals surface area (Å²) in [5.41, 5.74) is 7.28. The molecule has 0 aromatic heterocycles. The molecule has 0 saturated carbocycles. The van der Waals surface area contributed by atoms with Gasteiger partial charge in [-0.2, -0.15) is 0 Å². The fraction of sp³-hybridized carbons (Fsp3) is 0.636. The quantitative estimate of drug-likeness (QED) is 0.765. The van der Waals surface area contributed by atoms with E-state index >= 15 is 0 Å². The molecule has 162 valence electrons. The molecule has 7 heteroatoms. The summed E-state index contributed by atoms with van der Waals surface area (Å²) in [6.07, 6.45) is 1.73. The van der Waals surface area contributed by atoms with Crippen LogP contribution in [0.3, 0.4) is 0 Å². The van der Waals surface area contributed by atoms with Crippen LogP contribution in [0.1, 0.15) is 38.2 Å². The molecule has 2 heterocycles. The van der Waals surface area contributed by atoms with Crippen molar-refractivity contribution < 1.29 is 9.59 Å². The Balaban J connectivity index is 0.00000300. The Bertz CT molecular complexity index is 670. The highest BCUT2D eigenvalue weighted by Gasteiger charge is 2.39. The van der Waals surface area contributed by atoms with Gasteiger partial charge in [-0.3, -0.25) is 4.79 Å². The first-order valence-corrected chi connectivity index (χ1v) is 10.6. The van der Waals surface area contributed by atoms with Crippen molar-refractivity contribution in [2.45, 2.75) is 32.6 Å². The average Bonchev–Trinajstić information content (AvgIpc) is 3.16. The molecule has 0 bridgehead atoms. The van der Waals surface area contributed by atoms with Gasteiger partial charge in [-0.1, -0.05) is 44.2 Å². The Morgan fingerprint density at radius 3 is 2.52 bits per heavy atom. The second-order valence-electron chi connectivity index (χ2n) is 8.62. The molecule has 2 saturated heterocycles. The van der Waals surface area contributed by atoms with Gasteiger partial charge in [-0.05, 0) is 36.8 Å². The second kappa shape index (κ2) is 10.8. The molecule has 3 amide bonds. The number of nitrogens with two attached hydrogens (primary N) is 1. The summed E-state index contributed by atoms with van der Waals surface area (Å²) in [6.45, 7) is 8.08. The van der Waals surface area contributed by atoms with Crippen LogP contribution in [0.2, 0.25) is 0 Å². The summed E-state index contributed by atoms with van der Waals surface area (Å²) < 4.78 is 0. The zero-order valence-corrected chi connectivity index (χ0v) is 18.4. The fourth-order valence-corrected chi connectivity index (χ4v) is 4.39. The fourth-order valence-electron chi connectivity index (χ4n) is 4.39. The van der Waals surface area contributed by atoms with Gasteiger partial charge in [-0.25, -0.2) is 4.79 Å². The Kier molecular flexibility index (Phi) is 8.78. The molecule has 1 aromatic carbocycles. The maximum atomic E-state index is 13.2. The van der Waals surface area contributed by atoms with Gasteiger partial charge in [0.05, 0.1) is 5.92 Å². The first-order chi connectivity index (χ1) is 13.5. The molecule has 0 radical (unpaired) electrons. The summed E-state index contributed by atoms with van der Waals surface area (Å²) in [6, 6.07) is 10.3. The van der Waals surface area contributed by atoms with Crippen LogP contribution in [0.5, 0.6) is 0 Å². The van der Waals surface area contributed by atoms with Gasteiger partial charge in [0.25, 0.3) is 0 Å². The molecule has 3 N–H and O–H groups in total. The number of benzene rings is 1. The van der Waals surface area contributed by atoms with E-state index in [-0.39, 0.29) is 30.3 Å². The highest BCUT2D eigenvalue weighted by atomic mass is 35.5. The molecule has 2 aliphatic rings. The third-order valence-corrected chi connectivity index (χ3v) is 6.00. The average molecular weight is 423 g/mol. The summed E-state index contributed by atoms with van der Waals surface area (Å²) in [7, 11) is 0. The van der Waals surface area contributed by atoms with E-state index in [1.807, 2.05) is 23.1 Å². The van der Waals surface area contributed by atoms with Gasteiger partial charge in [0.15, 0.2) is 0 Å². The smallest absolute Gasteiger partial charge is 0.317 e. The van der Waals surface area contributed by atoms with E-state index in [1.165, 1.54) is 5.56 Å². The summed E-state index contributed by atoms with van der Waals surface area (Å²) in [4.78, 5) is 29.4. The third-order valence-electron chi connectivity index (χ3n) is 6.00. The number of carbonyl (C=O) groups is 2. The van der Waals surface area contributed by atoms with Crippen LogP contribution in [-0.4, -0.2) is 61.0 Å². The molecule has 6 nitrogen and oxygen atoms in total. The van der Waals surface area contributed by atoms with Crippen LogP contribution in [0.15, 0.2) is 30.3 Å². The lowest BCUT2D eigenvalue weighted by molar-refractivity contribution is -0.136. The zero-order valence-electron chi connectivity index (χ0n) is 17.5. The van der Waals surface area contributed by atoms with Gasteiger partial charge in [0, 0.05) is 38.6 Å². The van der Waals surface area contributed by atoms with E-state index in [2.05, 4.69) is 31.3 Å². The number of halogens is 1. The number of likely N-dealkylation sites (tertiary alicyclic amines) is 2. The predicted molar refractivity (Wildman–Crippen MR) is 118 cm³/mol. The Morgan fingerprint density at radius 1 is 1.14 bits per heavy atom. The maximum Gasteiger partial charge on any atom is 0.317 e. The van der Waals surface area contributed by atoms with E-state index < -0.39 is 0 Å². The largest absolute Gasteiger partial charge is 0.341 e. The van der Waals surface area contributed by atoms with Crippen molar-refractivity contribution >= 4 is 24.3 Å². The minimum Gasteiger partial charge on any atom is -0.341 e. The molecule has 2 aliphatic heterocycles. The first kappa shape index (κ1) is 23.5. The number of hydrogen-bond donors (Lipinski definition) is 2. The van der Waals surface area contributed by atoms with E-state index in [1.54, 1.807) is 4.90 Å². The molecule has 3 atom stereocenters. The van der Waals surface area contributed by atoms with Gasteiger partial charge in [0.2, 0.25) is 5.91 Å². The number of nitrogens with one attached hydrogen (secondary N) is 1. The number of hydrogen-bond acceptors (Lipinski definition) is 3. The molecule has 2 fully saturated rings. The molecular formula is C22H35ClN4O2.